The molecule has 2 unspecified atom stereocenters. The van der Waals surface area contributed by atoms with Crippen molar-refractivity contribution in [2.45, 2.75) is 31.8 Å². The van der Waals surface area contributed by atoms with Crippen molar-refractivity contribution in [2.24, 2.45) is 0 Å². The minimum Gasteiger partial charge on any atom is -0.480 e. The van der Waals surface area contributed by atoms with E-state index in [1.54, 1.807) is 24.3 Å². The van der Waals surface area contributed by atoms with Gasteiger partial charge in [-0.3, -0.25) is 10.1 Å². The van der Waals surface area contributed by atoms with Crippen LogP contribution >= 0.6 is 0 Å². The molecule has 0 saturated heterocycles. The zero-order valence-corrected chi connectivity index (χ0v) is 11.1. The lowest BCUT2D eigenvalue weighted by Crippen LogP contribution is -2.42. The third-order valence-electron chi connectivity index (χ3n) is 2.81. The van der Waals surface area contributed by atoms with Gasteiger partial charge in [0, 0.05) is 0 Å². The van der Waals surface area contributed by atoms with Crippen molar-refractivity contribution < 1.29 is 19.4 Å². The fraction of sp³-hybridized carbons (Fsp3) is 0.429. The van der Waals surface area contributed by atoms with Gasteiger partial charge in [0.05, 0.1) is 7.11 Å². The summed E-state index contributed by atoms with van der Waals surface area (Å²) in [6, 6.07) is 7.41. The maximum Gasteiger partial charge on any atom is 0.327 e. The summed E-state index contributed by atoms with van der Waals surface area (Å²) in [6.07, 6.45) is 1.17. The van der Waals surface area contributed by atoms with E-state index in [9.17, 15) is 9.59 Å². The second kappa shape index (κ2) is 7.53. The predicted octanol–water partition coefficient (Wildman–Crippen LogP) is 1.74. The fourth-order valence-corrected chi connectivity index (χ4v) is 1.83. The van der Waals surface area contributed by atoms with Crippen molar-refractivity contribution >= 4 is 11.9 Å². The molecule has 1 aromatic carbocycles. The molecule has 0 aliphatic rings. The van der Waals surface area contributed by atoms with Crippen LogP contribution in [0, 0.1) is 0 Å². The number of ether oxygens (including phenoxy) is 1. The second-order valence-electron chi connectivity index (χ2n) is 4.21. The van der Waals surface area contributed by atoms with Gasteiger partial charge in [-0.05, 0) is 12.0 Å². The topological polar surface area (TPSA) is 75.6 Å². The first kappa shape index (κ1) is 15.2. The van der Waals surface area contributed by atoms with Gasteiger partial charge in [0.25, 0.3) is 0 Å². The Morgan fingerprint density at radius 1 is 1.32 bits per heavy atom. The molecule has 0 radical (unpaired) electrons. The zero-order chi connectivity index (χ0) is 14.3. The second-order valence-corrected chi connectivity index (χ2v) is 4.21. The van der Waals surface area contributed by atoms with E-state index in [2.05, 4.69) is 5.32 Å². The lowest BCUT2D eigenvalue weighted by Gasteiger charge is -2.21. The standard InChI is InChI=1S/C14H19NO4/c1-3-7-11(13(16)17)15-12(14(18)19-2)10-8-5-4-6-9-10/h4-6,8-9,11-12,15H,3,7H2,1-2H3,(H,16,17). The Morgan fingerprint density at radius 3 is 2.42 bits per heavy atom. The number of aliphatic carboxylic acids is 1. The van der Waals surface area contributed by atoms with Crippen molar-refractivity contribution in [3.63, 3.8) is 0 Å². The number of esters is 1. The van der Waals surface area contributed by atoms with Gasteiger partial charge in [0.2, 0.25) is 0 Å². The maximum absolute atomic E-state index is 11.8. The van der Waals surface area contributed by atoms with Crippen LogP contribution < -0.4 is 5.32 Å². The Labute approximate surface area is 112 Å². The highest BCUT2D eigenvalue weighted by atomic mass is 16.5. The van der Waals surface area contributed by atoms with Gasteiger partial charge < -0.3 is 9.84 Å². The summed E-state index contributed by atoms with van der Waals surface area (Å²) in [7, 11) is 1.29. The molecule has 2 N–H and O–H groups in total. The van der Waals surface area contributed by atoms with Crippen LogP contribution in [-0.4, -0.2) is 30.2 Å². The van der Waals surface area contributed by atoms with E-state index in [4.69, 9.17) is 9.84 Å². The van der Waals surface area contributed by atoms with Crippen LogP contribution in [0.25, 0.3) is 0 Å². The lowest BCUT2D eigenvalue weighted by atomic mass is 10.0. The molecule has 0 saturated carbocycles. The first-order valence-electron chi connectivity index (χ1n) is 6.21. The van der Waals surface area contributed by atoms with E-state index in [1.165, 1.54) is 7.11 Å². The largest absolute Gasteiger partial charge is 0.480 e. The predicted molar refractivity (Wildman–Crippen MR) is 70.7 cm³/mol. The Balaban J connectivity index is 2.92. The van der Waals surface area contributed by atoms with Gasteiger partial charge in [-0.2, -0.15) is 0 Å². The molecule has 5 heteroatoms. The third-order valence-corrected chi connectivity index (χ3v) is 2.81. The van der Waals surface area contributed by atoms with E-state index in [-0.39, 0.29) is 0 Å². The fourth-order valence-electron chi connectivity index (χ4n) is 1.83. The highest BCUT2D eigenvalue weighted by Gasteiger charge is 2.27. The summed E-state index contributed by atoms with van der Waals surface area (Å²) in [6.45, 7) is 1.90. The van der Waals surface area contributed by atoms with Gasteiger partial charge in [-0.1, -0.05) is 43.7 Å². The molecule has 0 aromatic heterocycles. The summed E-state index contributed by atoms with van der Waals surface area (Å²) >= 11 is 0. The molecular formula is C14H19NO4. The van der Waals surface area contributed by atoms with E-state index in [0.717, 1.165) is 0 Å². The molecule has 2 atom stereocenters. The normalized spacial score (nSPS) is 13.6. The molecule has 0 aliphatic carbocycles. The van der Waals surface area contributed by atoms with Crippen LogP contribution in [0.15, 0.2) is 30.3 Å². The number of nitrogens with one attached hydrogen (secondary N) is 1. The third kappa shape index (κ3) is 4.37. The lowest BCUT2D eigenvalue weighted by molar-refractivity contribution is -0.145. The summed E-state index contributed by atoms with van der Waals surface area (Å²) in [4.78, 5) is 22.9. The number of carboxylic acid groups (broad SMARTS) is 1. The minimum absolute atomic E-state index is 0.454. The molecule has 19 heavy (non-hydrogen) atoms. The Morgan fingerprint density at radius 2 is 1.95 bits per heavy atom. The first-order valence-corrected chi connectivity index (χ1v) is 6.21. The van der Waals surface area contributed by atoms with E-state index >= 15 is 0 Å². The van der Waals surface area contributed by atoms with Crippen molar-refractivity contribution in [1.82, 2.24) is 5.32 Å². The van der Waals surface area contributed by atoms with Crippen LogP contribution in [0.2, 0.25) is 0 Å². The summed E-state index contributed by atoms with van der Waals surface area (Å²) < 4.78 is 4.73. The molecule has 0 spiro atoms. The number of carboxylic acids is 1. The number of methoxy groups -OCH3 is 1. The van der Waals surface area contributed by atoms with Crippen molar-refractivity contribution in [1.29, 1.82) is 0 Å². The maximum atomic E-state index is 11.8. The Kier molecular flexibility index (Phi) is 6.02. The van der Waals surface area contributed by atoms with E-state index < -0.39 is 24.0 Å². The molecule has 0 heterocycles. The average Bonchev–Trinajstić information content (AvgIpc) is 2.43. The van der Waals surface area contributed by atoms with Gasteiger partial charge in [-0.25, -0.2) is 4.79 Å². The average molecular weight is 265 g/mol. The van der Waals surface area contributed by atoms with Crippen LogP contribution in [0.4, 0.5) is 0 Å². The molecule has 1 rings (SSSR count). The molecule has 0 fully saturated rings. The van der Waals surface area contributed by atoms with Crippen molar-refractivity contribution in [3.8, 4) is 0 Å². The summed E-state index contributed by atoms with van der Waals surface area (Å²) in [5.74, 6) is -1.46. The number of benzene rings is 1. The molecular weight excluding hydrogens is 246 g/mol. The minimum atomic E-state index is -0.966. The van der Waals surface area contributed by atoms with Crippen LogP contribution in [0.3, 0.4) is 0 Å². The van der Waals surface area contributed by atoms with Gasteiger partial charge in [0.1, 0.15) is 12.1 Å². The quantitative estimate of drug-likeness (QED) is 0.734. The highest BCUT2D eigenvalue weighted by molar-refractivity contribution is 5.80. The Hall–Kier alpha value is -1.88. The van der Waals surface area contributed by atoms with Gasteiger partial charge >= 0.3 is 11.9 Å². The highest BCUT2D eigenvalue weighted by Crippen LogP contribution is 2.16. The molecule has 0 aliphatic heterocycles. The number of hydrogen-bond acceptors (Lipinski definition) is 4. The molecule has 5 nitrogen and oxygen atoms in total. The molecule has 0 amide bonds. The zero-order valence-electron chi connectivity index (χ0n) is 11.1. The molecule has 104 valence electrons. The number of carbonyl (C=O) groups is 2. The van der Waals surface area contributed by atoms with Crippen LogP contribution in [0.5, 0.6) is 0 Å². The van der Waals surface area contributed by atoms with Gasteiger partial charge in [0.15, 0.2) is 0 Å². The Bertz CT molecular complexity index is 419. The monoisotopic (exact) mass is 265 g/mol. The van der Waals surface area contributed by atoms with E-state index in [0.29, 0.717) is 18.4 Å². The molecule has 0 bridgehead atoms. The SMILES string of the molecule is CCCC(NC(C(=O)OC)c1ccccc1)C(=O)O. The number of hydrogen-bond donors (Lipinski definition) is 2. The molecule has 1 aromatic rings. The van der Waals surface area contributed by atoms with E-state index in [1.807, 2.05) is 13.0 Å². The first-order chi connectivity index (χ1) is 9.10. The summed E-state index contributed by atoms with van der Waals surface area (Å²) in [5.41, 5.74) is 0.691. The summed E-state index contributed by atoms with van der Waals surface area (Å²) in [5, 5.41) is 12.0. The van der Waals surface area contributed by atoms with Crippen LogP contribution in [-0.2, 0) is 14.3 Å². The van der Waals surface area contributed by atoms with Crippen molar-refractivity contribution in [2.75, 3.05) is 7.11 Å². The number of carbonyl (C=O) groups excluding carboxylic acids is 1. The van der Waals surface area contributed by atoms with Crippen molar-refractivity contribution in [3.05, 3.63) is 35.9 Å². The smallest absolute Gasteiger partial charge is 0.327 e. The number of rotatable bonds is 7. The van der Waals surface area contributed by atoms with Crippen LogP contribution in [0.1, 0.15) is 31.4 Å². The van der Waals surface area contributed by atoms with Gasteiger partial charge in [-0.15, -0.1) is 0 Å².